The van der Waals surface area contributed by atoms with E-state index in [9.17, 15) is 4.79 Å². The van der Waals surface area contributed by atoms with E-state index in [2.05, 4.69) is 5.32 Å². The Morgan fingerprint density at radius 2 is 2.39 bits per heavy atom. The molecule has 4 nitrogen and oxygen atoms in total. The number of nitrogens with two attached hydrogens (primary N) is 1. The summed E-state index contributed by atoms with van der Waals surface area (Å²) >= 11 is 5.89. The van der Waals surface area contributed by atoms with Crippen molar-refractivity contribution in [1.82, 2.24) is 0 Å². The zero-order valence-electron chi connectivity index (χ0n) is 10.1. The van der Waals surface area contributed by atoms with Crippen LogP contribution in [0.15, 0.2) is 18.2 Å². The molecule has 0 radical (unpaired) electrons. The van der Waals surface area contributed by atoms with Gasteiger partial charge in [-0.25, -0.2) is 0 Å². The predicted molar refractivity (Wildman–Crippen MR) is 72.0 cm³/mol. The van der Waals surface area contributed by atoms with Gasteiger partial charge in [-0.2, -0.15) is 0 Å². The van der Waals surface area contributed by atoms with Gasteiger partial charge in [0.15, 0.2) is 0 Å². The molecule has 1 atom stereocenters. The average molecular weight is 269 g/mol. The third kappa shape index (κ3) is 3.37. The molecule has 0 saturated carbocycles. The summed E-state index contributed by atoms with van der Waals surface area (Å²) in [5.41, 5.74) is 6.46. The van der Waals surface area contributed by atoms with Gasteiger partial charge >= 0.3 is 0 Å². The maximum atomic E-state index is 11.2. The molecule has 1 unspecified atom stereocenters. The molecule has 18 heavy (non-hydrogen) atoms. The third-order valence-corrected chi connectivity index (χ3v) is 3.41. The standard InChI is InChI=1S/C13H17ClN2O2/c14-12-4-3-10(6-11(12)13(15)17)16-7-9-2-1-5-18-8-9/h3-4,6,9,16H,1-2,5,7-8H2,(H2,15,17). The number of halogens is 1. The highest BCUT2D eigenvalue weighted by Crippen LogP contribution is 2.21. The predicted octanol–water partition coefficient (Wildman–Crippen LogP) is 2.28. The summed E-state index contributed by atoms with van der Waals surface area (Å²) in [7, 11) is 0. The van der Waals surface area contributed by atoms with Gasteiger partial charge in [-0.05, 0) is 37.0 Å². The fraction of sp³-hybridized carbons (Fsp3) is 0.462. The molecule has 0 aliphatic carbocycles. The number of primary amides is 1. The van der Waals surface area contributed by atoms with Crippen LogP contribution in [0.25, 0.3) is 0 Å². The van der Waals surface area contributed by atoms with E-state index in [4.69, 9.17) is 22.1 Å². The van der Waals surface area contributed by atoms with Crippen LogP contribution < -0.4 is 11.1 Å². The Hall–Kier alpha value is -1.26. The number of anilines is 1. The number of nitrogens with one attached hydrogen (secondary N) is 1. The molecule has 1 aliphatic rings. The summed E-state index contributed by atoms with van der Waals surface area (Å²) < 4.78 is 5.42. The molecule has 2 rings (SSSR count). The summed E-state index contributed by atoms with van der Waals surface area (Å²) in [6, 6.07) is 5.22. The van der Waals surface area contributed by atoms with E-state index >= 15 is 0 Å². The van der Waals surface area contributed by atoms with Crippen molar-refractivity contribution in [2.75, 3.05) is 25.1 Å². The molecule has 3 N–H and O–H groups in total. The summed E-state index contributed by atoms with van der Waals surface area (Å²) in [6.07, 6.45) is 2.28. The van der Waals surface area contributed by atoms with Crippen molar-refractivity contribution in [3.63, 3.8) is 0 Å². The lowest BCUT2D eigenvalue weighted by atomic mass is 10.0. The van der Waals surface area contributed by atoms with Crippen LogP contribution in [-0.2, 0) is 4.74 Å². The van der Waals surface area contributed by atoms with E-state index in [1.807, 2.05) is 6.07 Å². The van der Waals surface area contributed by atoms with Gasteiger partial charge in [0.05, 0.1) is 17.2 Å². The van der Waals surface area contributed by atoms with Crippen molar-refractivity contribution in [2.24, 2.45) is 11.7 Å². The average Bonchev–Trinajstić information content (AvgIpc) is 2.38. The first kappa shape index (κ1) is 13.2. The number of carbonyl (C=O) groups is 1. The quantitative estimate of drug-likeness (QED) is 0.881. The third-order valence-electron chi connectivity index (χ3n) is 3.08. The van der Waals surface area contributed by atoms with Crippen LogP contribution in [0.1, 0.15) is 23.2 Å². The van der Waals surface area contributed by atoms with Crippen LogP contribution in [0.4, 0.5) is 5.69 Å². The summed E-state index contributed by atoms with van der Waals surface area (Å²) in [5, 5.41) is 3.67. The molecule has 1 aliphatic heterocycles. The lowest BCUT2D eigenvalue weighted by Crippen LogP contribution is -2.24. The first-order valence-electron chi connectivity index (χ1n) is 6.08. The molecule has 1 fully saturated rings. The van der Waals surface area contributed by atoms with Gasteiger partial charge in [-0.15, -0.1) is 0 Å². The van der Waals surface area contributed by atoms with Gasteiger partial charge in [-0.1, -0.05) is 11.6 Å². The monoisotopic (exact) mass is 268 g/mol. The van der Waals surface area contributed by atoms with Crippen LogP contribution in [0.2, 0.25) is 5.02 Å². The maximum absolute atomic E-state index is 11.2. The SMILES string of the molecule is NC(=O)c1cc(NCC2CCCOC2)ccc1Cl. The molecule has 5 heteroatoms. The van der Waals surface area contributed by atoms with Crippen LogP contribution in [0.3, 0.4) is 0 Å². The van der Waals surface area contributed by atoms with Crippen molar-refractivity contribution < 1.29 is 9.53 Å². The Balaban J connectivity index is 1.96. The molecule has 0 bridgehead atoms. The van der Waals surface area contributed by atoms with E-state index in [-0.39, 0.29) is 0 Å². The second kappa shape index (κ2) is 6.07. The van der Waals surface area contributed by atoms with Crippen molar-refractivity contribution in [3.05, 3.63) is 28.8 Å². The molecule has 1 aromatic rings. The zero-order chi connectivity index (χ0) is 13.0. The number of carbonyl (C=O) groups excluding carboxylic acids is 1. The van der Waals surface area contributed by atoms with Crippen molar-refractivity contribution in [1.29, 1.82) is 0 Å². The zero-order valence-corrected chi connectivity index (χ0v) is 10.9. The Bertz CT molecular complexity index is 431. The Labute approximate surface area is 111 Å². The van der Waals surface area contributed by atoms with Gasteiger partial charge in [0, 0.05) is 18.8 Å². The van der Waals surface area contributed by atoms with Crippen molar-refractivity contribution in [3.8, 4) is 0 Å². The normalized spacial score (nSPS) is 19.5. The Morgan fingerprint density at radius 3 is 3.06 bits per heavy atom. The van der Waals surface area contributed by atoms with Crippen LogP contribution in [0, 0.1) is 5.92 Å². The minimum Gasteiger partial charge on any atom is -0.385 e. The maximum Gasteiger partial charge on any atom is 0.250 e. The lowest BCUT2D eigenvalue weighted by Gasteiger charge is -2.22. The van der Waals surface area contributed by atoms with Crippen LogP contribution in [-0.4, -0.2) is 25.7 Å². The summed E-state index contributed by atoms with van der Waals surface area (Å²) in [5.74, 6) is 0.0103. The lowest BCUT2D eigenvalue weighted by molar-refractivity contribution is 0.0595. The van der Waals surface area contributed by atoms with Crippen LogP contribution in [0.5, 0.6) is 0 Å². The molecule has 0 spiro atoms. The largest absolute Gasteiger partial charge is 0.385 e. The number of hydrogen-bond donors (Lipinski definition) is 2. The smallest absolute Gasteiger partial charge is 0.250 e. The van der Waals surface area contributed by atoms with E-state index < -0.39 is 5.91 Å². The van der Waals surface area contributed by atoms with Gasteiger partial charge in [0.2, 0.25) is 5.91 Å². The molecule has 1 aromatic carbocycles. The molecule has 1 saturated heterocycles. The Kier molecular flexibility index (Phi) is 4.44. The van der Waals surface area contributed by atoms with Gasteiger partial charge < -0.3 is 15.8 Å². The number of ether oxygens (including phenoxy) is 1. The van der Waals surface area contributed by atoms with Crippen molar-refractivity contribution >= 4 is 23.2 Å². The first-order chi connectivity index (χ1) is 8.66. The molecule has 0 aromatic heterocycles. The molecular weight excluding hydrogens is 252 g/mol. The minimum absolute atomic E-state index is 0.349. The number of amides is 1. The van der Waals surface area contributed by atoms with E-state index in [0.29, 0.717) is 16.5 Å². The van der Waals surface area contributed by atoms with E-state index in [1.165, 1.54) is 6.42 Å². The topological polar surface area (TPSA) is 64.4 Å². The fourth-order valence-electron chi connectivity index (χ4n) is 2.05. The fourth-order valence-corrected chi connectivity index (χ4v) is 2.27. The minimum atomic E-state index is -0.510. The van der Waals surface area contributed by atoms with Crippen LogP contribution >= 0.6 is 11.6 Å². The highest BCUT2D eigenvalue weighted by Gasteiger charge is 2.14. The highest BCUT2D eigenvalue weighted by molar-refractivity contribution is 6.33. The number of hydrogen-bond acceptors (Lipinski definition) is 3. The summed E-state index contributed by atoms with van der Waals surface area (Å²) in [4.78, 5) is 11.2. The summed E-state index contributed by atoms with van der Waals surface area (Å²) in [6.45, 7) is 2.49. The molecule has 1 heterocycles. The second-order valence-corrected chi connectivity index (χ2v) is 4.93. The van der Waals surface area contributed by atoms with Gasteiger partial charge in [0.25, 0.3) is 0 Å². The number of rotatable bonds is 4. The molecule has 1 amide bonds. The van der Waals surface area contributed by atoms with E-state index in [1.54, 1.807) is 12.1 Å². The molecule has 98 valence electrons. The van der Waals surface area contributed by atoms with Gasteiger partial charge in [0.1, 0.15) is 0 Å². The van der Waals surface area contributed by atoms with E-state index in [0.717, 1.165) is 31.9 Å². The highest BCUT2D eigenvalue weighted by atomic mass is 35.5. The molecular formula is C13H17ClN2O2. The number of benzene rings is 1. The second-order valence-electron chi connectivity index (χ2n) is 4.52. The van der Waals surface area contributed by atoms with Crippen molar-refractivity contribution in [2.45, 2.75) is 12.8 Å². The van der Waals surface area contributed by atoms with Gasteiger partial charge in [-0.3, -0.25) is 4.79 Å². The Morgan fingerprint density at radius 1 is 1.56 bits per heavy atom. The first-order valence-corrected chi connectivity index (χ1v) is 6.45.